The van der Waals surface area contributed by atoms with Gasteiger partial charge in [-0.3, -0.25) is 4.79 Å². The summed E-state index contributed by atoms with van der Waals surface area (Å²) in [4.78, 5) is 13.7. The van der Waals surface area contributed by atoms with Gasteiger partial charge in [0, 0.05) is 24.1 Å². The highest BCUT2D eigenvalue weighted by Gasteiger charge is 2.31. The summed E-state index contributed by atoms with van der Waals surface area (Å²) in [6.45, 7) is 3.62. The first-order valence-electron chi connectivity index (χ1n) is 6.08. The second kappa shape index (κ2) is 5.59. The number of halogens is 1. The summed E-state index contributed by atoms with van der Waals surface area (Å²) >= 11 is 5.95. The minimum Gasteiger partial charge on any atom is -0.492 e. The molecule has 1 amide bonds. The molecule has 1 saturated heterocycles. The lowest BCUT2D eigenvalue weighted by atomic mass is 10.1. The summed E-state index contributed by atoms with van der Waals surface area (Å²) in [5.41, 5.74) is 6.41. The van der Waals surface area contributed by atoms with Crippen LogP contribution in [0.4, 0.5) is 5.69 Å². The van der Waals surface area contributed by atoms with Crippen molar-refractivity contribution >= 4 is 23.2 Å². The maximum atomic E-state index is 12.0. The molecule has 0 aromatic heterocycles. The molecule has 1 aromatic carbocycles. The van der Waals surface area contributed by atoms with Gasteiger partial charge in [-0.15, -0.1) is 0 Å². The van der Waals surface area contributed by atoms with Crippen molar-refractivity contribution in [3.8, 4) is 5.75 Å². The Hall–Kier alpha value is -1.26. The second-order valence-corrected chi connectivity index (χ2v) is 4.79. The van der Waals surface area contributed by atoms with Crippen molar-refractivity contribution in [3.63, 3.8) is 0 Å². The third-order valence-electron chi connectivity index (χ3n) is 3.05. The smallest absolute Gasteiger partial charge is 0.227 e. The zero-order valence-corrected chi connectivity index (χ0v) is 11.1. The topological polar surface area (TPSA) is 55.6 Å². The normalized spacial score (nSPS) is 19.4. The van der Waals surface area contributed by atoms with Crippen LogP contribution in [0.2, 0.25) is 5.02 Å². The van der Waals surface area contributed by atoms with Gasteiger partial charge >= 0.3 is 0 Å². The van der Waals surface area contributed by atoms with Crippen molar-refractivity contribution in [2.75, 3.05) is 24.6 Å². The lowest BCUT2D eigenvalue weighted by molar-refractivity contribution is -0.117. The van der Waals surface area contributed by atoms with Crippen molar-refractivity contribution in [3.05, 3.63) is 23.2 Å². The minimum atomic E-state index is 0.0914. The molecule has 18 heavy (non-hydrogen) atoms. The molecule has 0 bridgehead atoms. The first-order valence-corrected chi connectivity index (χ1v) is 6.46. The number of nitrogens with zero attached hydrogens (tertiary/aromatic N) is 1. The van der Waals surface area contributed by atoms with Gasteiger partial charge in [0.15, 0.2) is 0 Å². The van der Waals surface area contributed by atoms with E-state index in [1.807, 2.05) is 13.0 Å². The van der Waals surface area contributed by atoms with E-state index in [-0.39, 0.29) is 11.8 Å². The number of amides is 1. The van der Waals surface area contributed by atoms with Gasteiger partial charge in [0.25, 0.3) is 0 Å². The molecule has 2 rings (SSSR count). The zero-order valence-electron chi connectivity index (χ0n) is 10.4. The van der Waals surface area contributed by atoms with Gasteiger partial charge in [0.1, 0.15) is 5.75 Å². The molecule has 0 radical (unpaired) electrons. The molecule has 0 spiro atoms. The Balaban J connectivity index is 2.30. The Morgan fingerprint density at radius 2 is 2.33 bits per heavy atom. The number of rotatable bonds is 4. The average Bonchev–Trinajstić information content (AvgIpc) is 2.71. The fourth-order valence-corrected chi connectivity index (χ4v) is 2.32. The van der Waals surface area contributed by atoms with Crippen LogP contribution in [0, 0.1) is 5.92 Å². The predicted molar refractivity (Wildman–Crippen MR) is 72.1 cm³/mol. The minimum absolute atomic E-state index is 0.0914. The highest BCUT2D eigenvalue weighted by atomic mass is 35.5. The largest absolute Gasteiger partial charge is 0.492 e. The fourth-order valence-electron chi connectivity index (χ4n) is 2.15. The van der Waals surface area contributed by atoms with Crippen LogP contribution >= 0.6 is 11.6 Å². The lowest BCUT2D eigenvalue weighted by Gasteiger charge is -2.20. The molecule has 0 aliphatic carbocycles. The van der Waals surface area contributed by atoms with E-state index < -0.39 is 0 Å². The third-order valence-corrected chi connectivity index (χ3v) is 3.29. The van der Waals surface area contributed by atoms with Crippen molar-refractivity contribution in [2.24, 2.45) is 11.7 Å². The van der Waals surface area contributed by atoms with E-state index in [0.29, 0.717) is 36.9 Å². The van der Waals surface area contributed by atoms with Crippen LogP contribution in [0.3, 0.4) is 0 Å². The van der Waals surface area contributed by atoms with E-state index in [0.717, 1.165) is 5.69 Å². The van der Waals surface area contributed by atoms with E-state index in [1.165, 1.54) is 0 Å². The number of carbonyl (C=O) groups is 1. The number of ether oxygens (including phenoxy) is 1. The fraction of sp³-hybridized carbons (Fsp3) is 0.462. The quantitative estimate of drug-likeness (QED) is 0.909. The van der Waals surface area contributed by atoms with Gasteiger partial charge in [-0.05, 0) is 31.5 Å². The molecular weight excluding hydrogens is 252 g/mol. The molecule has 4 nitrogen and oxygen atoms in total. The molecule has 1 fully saturated rings. The number of nitrogens with two attached hydrogens (primary N) is 1. The molecule has 0 saturated carbocycles. The zero-order chi connectivity index (χ0) is 13.1. The Labute approximate surface area is 112 Å². The number of carbonyl (C=O) groups excluding carboxylic acids is 1. The molecule has 1 aliphatic heterocycles. The Morgan fingerprint density at radius 3 is 2.94 bits per heavy atom. The Bertz CT molecular complexity index is 451. The van der Waals surface area contributed by atoms with E-state index >= 15 is 0 Å². The molecule has 1 atom stereocenters. The van der Waals surface area contributed by atoms with Gasteiger partial charge in [-0.2, -0.15) is 0 Å². The van der Waals surface area contributed by atoms with Crippen LogP contribution in [0.1, 0.15) is 13.3 Å². The maximum absolute atomic E-state index is 12.0. The van der Waals surface area contributed by atoms with Gasteiger partial charge in [0.2, 0.25) is 5.91 Å². The summed E-state index contributed by atoms with van der Waals surface area (Å²) in [6, 6.07) is 5.33. The molecule has 1 heterocycles. The van der Waals surface area contributed by atoms with Crippen molar-refractivity contribution in [1.29, 1.82) is 0 Å². The molecular formula is C13H17ClN2O2. The molecule has 1 aliphatic rings. The van der Waals surface area contributed by atoms with Crippen LogP contribution in [-0.4, -0.2) is 25.6 Å². The molecule has 5 heteroatoms. The van der Waals surface area contributed by atoms with Gasteiger partial charge in [-0.25, -0.2) is 0 Å². The second-order valence-electron chi connectivity index (χ2n) is 4.36. The number of hydrogen-bond donors (Lipinski definition) is 1. The van der Waals surface area contributed by atoms with E-state index in [1.54, 1.807) is 17.0 Å². The number of anilines is 1. The molecule has 2 N–H and O–H groups in total. The van der Waals surface area contributed by atoms with Crippen LogP contribution in [0.5, 0.6) is 5.75 Å². The number of hydrogen-bond acceptors (Lipinski definition) is 3. The molecule has 1 aromatic rings. The lowest BCUT2D eigenvalue weighted by Crippen LogP contribution is -2.26. The molecule has 1 unspecified atom stereocenters. The van der Waals surface area contributed by atoms with Crippen LogP contribution in [0.25, 0.3) is 0 Å². The summed E-state index contributed by atoms with van der Waals surface area (Å²) in [5.74, 6) is 0.965. The first kappa shape index (κ1) is 13.2. The van der Waals surface area contributed by atoms with E-state index in [4.69, 9.17) is 22.1 Å². The third kappa shape index (κ3) is 2.60. The van der Waals surface area contributed by atoms with Gasteiger partial charge in [0.05, 0.1) is 12.3 Å². The summed E-state index contributed by atoms with van der Waals surface area (Å²) in [6.07, 6.45) is 0.505. The van der Waals surface area contributed by atoms with Crippen LogP contribution in [-0.2, 0) is 4.79 Å². The van der Waals surface area contributed by atoms with Gasteiger partial charge in [-0.1, -0.05) is 11.6 Å². The summed E-state index contributed by atoms with van der Waals surface area (Å²) in [5, 5.41) is 0.601. The number of benzene rings is 1. The van der Waals surface area contributed by atoms with E-state index in [2.05, 4.69) is 0 Å². The van der Waals surface area contributed by atoms with Crippen LogP contribution in [0.15, 0.2) is 18.2 Å². The Morgan fingerprint density at radius 1 is 1.56 bits per heavy atom. The molecule has 98 valence electrons. The van der Waals surface area contributed by atoms with Crippen LogP contribution < -0.4 is 15.4 Å². The predicted octanol–water partition coefficient (Wildman–Crippen LogP) is 2.05. The standard InChI is InChI=1S/C13H17ClN2O2/c1-2-18-12-6-10(14)3-4-11(12)16-8-9(7-15)5-13(16)17/h3-4,6,9H,2,5,7-8,15H2,1H3. The highest BCUT2D eigenvalue weighted by Crippen LogP contribution is 2.35. The van der Waals surface area contributed by atoms with Crippen molar-refractivity contribution < 1.29 is 9.53 Å². The SMILES string of the molecule is CCOc1cc(Cl)ccc1N1CC(CN)CC1=O. The summed E-state index contributed by atoms with van der Waals surface area (Å²) in [7, 11) is 0. The van der Waals surface area contributed by atoms with E-state index in [9.17, 15) is 4.79 Å². The monoisotopic (exact) mass is 268 g/mol. The summed E-state index contributed by atoms with van der Waals surface area (Å²) < 4.78 is 5.54. The Kier molecular flexibility index (Phi) is 4.09. The highest BCUT2D eigenvalue weighted by molar-refractivity contribution is 6.30. The maximum Gasteiger partial charge on any atom is 0.227 e. The average molecular weight is 269 g/mol. The van der Waals surface area contributed by atoms with Crippen molar-refractivity contribution in [2.45, 2.75) is 13.3 Å². The van der Waals surface area contributed by atoms with Crippen molar-refractivity contribution in [1.82, 2.24) is 0 Å². The van der Waals surface area contributed by atoms with Gasteiger partial charge < -0.3 is 15.4 Å². The first-order chi connectivity index (χ1) is 8.65.